The van der Waals surface area contributed by atoms with Crippen LogP contribution in [0.3, 0.4) is 0 Å². The number of methoxy groups -OCH3 is 1. The second-order valence-corrected chi connectivity index (χ2v) is 3.74. The van der Waals surface area contributed by atoms with Crippen LogP contribution in [0.25, 0.3) is 6.08 Å². The average molecular weight is 219 g/mol. The third-order valence-corrected chi connectivity index (χ3v) is 2.34. The van der Waals surface area contributed by atoms with Crippen LogP contribution in [-0.2, 0) is 11.3 Å². The summed E-state index contributed by atoms with van der Waals surface area (Å²) in [6.07, 6.45) is 5.48. The van der Waals surface area contributed by atoms with Crippen LogP contribution < -0.4 is 5.32 Å². The van der Waals surface area contributed by atoms with Gasteiger partial charge in [-0.15, -0.1) is 0 Å². The van der Waals surface area contributed by atoms with Gasteiger partial charge in [0, 0.05) is 13.7 Å². The molecule has 0 aliphatic carbocycles. The van der Waals surface area contributed by atoms with E-state index in [1.165, 1.54) is 17.5 Å². The third-order valence-electron chi connectivity index (χ3n) is 2.34. The summed E-state index contributed by atoms with van der Waals surface area (Å²) in [7, 11) is 1.73. The van der Waals surface area contributed by atoms with E-state index in [1.807, 2.05) is 6.07 Å². The van der Waals surface area contributed by atoms with E-state index in [0.29, 0.717) is 6.61 Å². The lowest BCUT2D eigenvalue weighted by atomic mass is 10.1. The van der Waals surface area contributed by atoms with Crippen LogP contribution in [0.4, 0.5) is 0 Å². The zero-order valence-corrected chi connectivity index (χ0v) is 10.2. The highest BCUT2D eigenvalue weighted by atomic mass is 16.5. The molecule has 0 saturated carbocycles. The monoisotopic (exact) mass is 219 g/mol. The molecule has 0 bridgehead atoms. The number of benzene rings is 1. The topological polar surface area (TPSA) is 21.3 Å². The molecule has 0 aromatic heterocycles. The van der Waals surface area contributed by atoms with Crippen molar-refractivity contribution in [3.63, 3.8) is 0 Å². The molecule has 1 N–H and O–H groups in total. The van der Waals surface area contributed by atoms with Gasteiger partial charge in [-0.25, -0.2) is 0 Å². The average Bonchev–Trinajstić information content (AvgIpc) is 2.31. The van der Waals surface area contributed by atoms with E-state index in [9.17, 15) is 0 Å². The molecule has 0 unspecified atom stereocenters. The molecule has 16 heavy (non-hydrogen) atoms. The largest absolute Gasteiger partial charge is 0.380 e. The Morgan fingerprint density at radius 2 is 2.12 bits per heavy atom. The van der Waals surface area contributed by atoms with Gasteiger partial charge in [-0.1, -0.05) is 43.3 Å². The summed E-state index contributed by atoms with van der Waals surface area (Å²) in [4.78, 5) is 0. The molecule has 0 saturated heterocycles. The van der Waals surface area contributed by atoms with E-state index < -0.39 is 0 Å². The van der Waals surface area contributed by atoms with E-state index in [0.717, 1.165) is 13.1 Å². The van der Waals surface area contributed by atoms with Crippen LogP contribution in [0.15, 0.2) is 30.3 Å². The van der Waals surface area contributed by atoms with E-state index in [-0.39, 0.29) is 0 Å². The van der Waals surface area contributed by atoms with Gasteiger partial charge in [0.25, 0.3) is 0 Å². The SMILES string of the molecule is CCCNCC=Cc1ccccc1COC. The quantitative estimate of drug-likeness (QED) is 0.712. The molecule has 0 spiro atoms. The van der Waals surface area contributed by atoms with Crippen molar-refractivity contribution in [2.75, 3.05) is 20.2 Å². The highest BCUT2D eigenvalue weighted by Crippen LogP contribution is 2.11. The van der Waals surface area contributed by atoms with Crippen LogP contribution in [0, 0.1) is 0 Å². The van der Waals surface area contributed by atoms with Crippen molar-refractivity contribution in [3.05, 3.63) is 41.5 Å². The predicted octanol–water partition coefficient (Wildman–Crippen LogP) is 2.85. The Hall–Kier alpha value is -1.12. The van der Waals surface area contributed by atoms with Gasteiger partial charge in [-0.2, -0.15) is 0 Å². The van der Waals surface area contributed by atoms with Crippen LogP contribution in [0.2, 0.25) is 0 Å². The fraction of sp³-hybridized carbons (Fsp3) is 0.429. The first-order chi connectivity index (χ1) is 7.88. The minimum Gasteiger partial charge on any atom is -0.380 e. The summed E-state index contributed by atoms with van der Waals surface area (Å²) in [5, 5.41) is 3.34. The van der Waals surface area contributed by atoms with E-state index >= 15 is 0 Å². The van der Waals surface area contributed by atoms with Gasteiger partial charge >= 0.3 is 0 Å². The zero-order chi connectivity index (χ0) is 11.6. The third kappa shape index (κ3) is 4.60. The molecule has 1 aromatic rings. The van der Waals surface area contributed by atoms with Crippen molar-refractivity contribution in [1.29, 1.82) is 0 Å². The highest BCUT2D eigenvalue weighted by molar-refractivity contribution is 5.53. The Balaban J connectivity index is 2.51. The van der Waals surface area contributed by atoms with Crippen molar-refractivity contribution < 1.29 is 4.74 Å². The number of nitrogens with one attached hydrogen (secondary N) is 1. The Bertz CT molecular complexity index is 320. The molecule has 1 rings (SSSR count). The summed E-state index contributed by atoms with van der Waals surface area (Å²) >= 11 is 0. The Morgan fingerprint density at radius 1 is 1.31 bits per heavy atom. The molecule has 0 amide bonds. The lowest BCUT2D eigenvalue weighted by molar-refractivity contribution is 0.184. The van der Waals surface area contributed by atoms with E-state index in [2.05, 4.69) is 42.6 Å². The van der Waals surface area contributed by atoms with E-state index in [4.69, 9.17) is 4.74 Å². The minimum atomic E-state index is 0.670. The fourth-order valence-electron chi connectivity index (χ4n) is 1.53. The van der Waals surface area contributed by atoms with Gasteiger partial charge in [0.05, 0.1) is 6.61 Å². The summed E-state index contributed by atoms with van der Waals surface area (Å²) in [5.74, 6) is 0. The Morgan fingerprint density at radius 3 is 2.88 bits per heavy atom. The summed E-state index contributed by atoms with van der Waals surface area (Å²) in [6.45, 7) is 4.84. The first-order valence-electron chi connectivity index (χ1n) is 5.82. The first kappa shape index (κ1) is 12.9. The normalized spacial score (nSPS) is 11.1. The van der Waals surface area contributed by atoms with Crippen LogP contribution in [0.5, 0.6) is 0 Å². The summed E-state index contributed by atoms with van der Waals surface area (Å²) in [5.41, 5.74) is 2.47. The van der Waals surface area contributed by atoms with Crippen molar-refractivity contribution in [1.82, 2.24) is 5.32 Å². The summed E-state index contributed by atoms with van der Waals surface area (Å²) < 4.78 is 5.16. The maximum Gasteiger partial charge on any atom is 0.0718 e. The molecule has 1 aromatic carbocycles. The van der Waals surface area contributed by atoms with Gasteiger partial charge in [0.15, 0.2) is 0 Å². The minimum absolute atomic E-state index is 0.670. The Kier molecular flexibility index (Phi) is 6.54. The first-order valence-corrected chi connectivity index (χ1v) is 5.82. The molecule has 2 heteroatoms. The maximum atomic E-state index is 5.16. The number of ether oxygens (including phenoxy) is 1. The van der Waals surface area contributed by atoms with Gasteiger partial charge in [0.2, 0.25) is 0 Å². The van der Waals surface area contributed by atoms with Gasteiger partial charge in [-0.05, 0) is 24.1 Å². The number of rotatable bonds is 7. The van der Waals surface area contributed by atoms with Gasteiger partial charge in [0.1, 0.15) is 0 Å². The molecule has 0 heterocycles. The van der Waals surface area contributed by atoms with Crippen molar-refractivity contribution in [2.45, 2.75) is 20.0 Å². The molecule has 0 radical (unpaired) electrons. The second kappa shape index (κ2) is 8.08. The Labute approximate surface area is 98.3 Å². The van der Waals surface area contributed by atoms with Crippen molar-refractivity contribution in [2.24, 2.45) is 0 Å². The van der Waals surface area contributed by atoms with Crippen LogP contribution in [0.1, 0.15) is 24.5 Å². The molecule has 0 atom stereocenters. The number of hydrogen-bond acceptors (Lipinski definition) is 2. The van der Waals surface area contributed by atoms with E-state index in [1.54, 1.807) is 7.11 Å². The van der Waals surface area contributed by atoms with Gasteiger partial charge in [-0.3, -0.25) is 0 Å². The molecule has 0 aliphatic rings. The predicted molar refractivity (Wildman–Crippen MR) is 69.3 cm³/mol. The number of hydrogen-bond donors (Lipinski definition) is 1. The molecule has 88 valence electrons. The molecular formula is C14H21NO. The maximum absolute atomic E-state index is 5.16. The fourth-order valence-corrected chi connectivity index (χ4v) is 1.53. The lowest BCUT2D eigenvalue weighted by Gasteiger charge is -2.04. The van der Waals surface area contributed by atoms with Gasteiger partial charge < -0.3 is 10.1 Å². The molecule has 0 aliphatic heterocycles. The van der Waals surface area contributed by atoms with Crippen LogP contribution >= 0.6 is 0 Å². The standard InChI is InChI=1S/C14H21NO/c1-3-10-15-11-6-9-13-7-4-5-8-14(13)12-16-2/h4-9,15H,3,10-12H2,1-2H3. The smallest absolute Gasteiger partial charge is 0.0718 e. The zero-order valence-electron chi connectivity index (χ0n) is 10.2. The molecule has 0 fully saturated rings. The second-order valence-electron chi connectivity index (χ2n) is 3.74. The molecular weight excluding hydrogens is 198 g/mol. The lowest BCUT2D eigenvalue weighted by Crippen LogP contribution is -2.13. The highest BCUT2D eigenvalue weighted by Gasteiger charge is 1.96. The van der Waals surface area contributed by atoms with Crippen molar-refractivity contribution >= 4 is 6.08 Å². The molecule has 2 nitrogen and oxygen atoms in total. The summed E-state index contributed by atoms with van der Waals surface area (Å²) in [6, 6.07) is 8.31. The van der Waals surface area contributed by atoms with Crippen LogP contribution in [-0.4, -0.2) is 20.2 Å². The van der Waals surface area contributed by atoms with Crippen molar-refractivity contribution in [3.8, 4) is 0 Å².